The Kier molecular flexibility index (Phi) is 5.04. The van der Waals surface area contributed by atoms with Crippen LogP contribution in [0.25, 0.3) is 5.57 Å². The van der Waals surface area contributed by atoms with Gasteiger partial charge in [0.2, 0.25) is 0 Å². The molecule has 0 atom stereocenters. The molecule has 2 aromatic rings. The maximum Gasteiger partial charge on any atom is 0.335 e. The topological polar surface area (TPSA) is 54.4 Å². The molecule has 140 valence electrons. The molecule has 2 aromatic carbocycles. The summed E-state index contributed by atoms with van der Waals surface area (Å²) in [7, 11) is 0. The third-order valence-electron chi connectivity index (χ3n) is 4.95. The van der Waals surface area contributed by atoms with Gasteiger partial charge < -0.3 is 5.11 Å². The lowest BCUT2D eigenvalue weighted by Crippen LogP contribution is -2.33. The standard InChI is InChI=1S/C23H24O3S/c1-22(2)14-23(3,4)27-20-10-9-17(13-19(20)22)18(11-12-24)15-5-7-16(8-6-15)21(25)26/h5-13H,14H2,1-4H3,(H,25,26)/b18-11+. The molecular weight excluding hydrogens is 356 g/mol. The Morgan fingerprint density at radius 1 is 1.00 bits per heavy atom. The van der Waals surface area contributed by atoms with Gasteiger partial charge in [-0.25, -0.2) is 4.79 Å². The average molecular weight is 381 g/mol. The number of aromatic carboxylic acids is 1. The SMILES string of the molecule is CC1(C)CC(C)(C)c2cc(/C(=C/C=O)c3ccc(C(=O)O)cc3)ccc2S1. The molecular formula is C23H24O3S. The second-order valence-corrected chi connectivity index (χ2v) is 9.98. The van der Waals surface area contributed by atoms with E-state index in [2.05, 4.69) is 39.8 Å². The molecule has 3 rings (SSSR count). The Morgan fingerprint density at radius 3 is 2.19 bits per heavy atom. The lowest BCUT2D eigenvalue weighted by atomic mass is 9.76. The minimum Gasteiger partial charge on any atom is -0.478 e. The van der Waals surface area contributed by atoms with E-state index in [0.717, 1.165) is 29.4 Å². The molecule has 0 saturated heterocycles. The van der Waals surface area contributed by atoms with Crippen molar-refractivity contribution in [2.24, 2.45) is 0 Å². The van der Waals surface area contributed by atoms with E-state index >= 15 is 0 Å². The Bertz CT molecular complexity index is 921. The molecule has 0 amide bonds. The van der Waals surface area contributed by atoms with Crippen molar-refractivity contribution in [3.63, 3.8) is 0 Å². The third-order valence-corrected chi connectivity index (χ3v) is 6.22. The van der Waals surface area contributed by atoms with Gasteiger partial charge in [-0.1, -0.05) is 45.9 Å². The fourth-order valence-electron chi connectivity index (χ4n) is 4.03. The highest BCUT2D eigenvalue weighted by atomic mass is 32.2. The third kappa shape index (κ3) is 4.01. The van der Waals surface area contributed by atoms with Gasteiger partial charge in [0, 0.05) is 9.64 Å². The predicted molar refractivity (Wildman–Crippen MR) is 111 cm³/mol. The van der Waals surface area contributed by atoms with Crippen molar-refractivity contribution in [3.05, 3.63) is 70.8 Å². The van der Waals surface area contributed by atoms with Crippen molar-refractivity contribution in [3.8, 4) is 0 Å². The van der Waals surface area contributed by atoms with E-state index in [0.29, 0.717) is 0 Å². The van der Waals surface area contributed by atoms with Crippen LogP contribution in [0.5, 0.6) is 0 Å². The van der Waals surface area contributed by atoms with Crippen LogP contribution in [-0.2, 0) is 10.2 Å². The number of fused-ring (bicyclic) bond motifs is 1. The molecule has 4 heteroatoms. The number of benzene rings is 2. The first kappa shape index (κ1) is 19.4. The number of hydrogen-bond donors (Lipinski definition) is 1. The molecule has 1 aliphatic heterocycles. The summed E-state index contributed by atoms with van der Waals surface area (Å²) in [6, 6.07) is 13.0. The Hall–Kier alpha value is -2.33. The number of allylic oxidation sites excluding steroid dienone is 1. The number of carbonyl (C=O) groups excluding carboxylic acids is 1. The molecule has 0 aromatic heterocycles. The molecule has 0 unspecified atom stereocenters. The van der Waals surface area contributed by atoms with Gasteiger partial charge in [-0.15, -0.1) is 11.8 Å². The number of carboxylic acids is 1. The number of hydrogen-bond acceptors (Lipinski definition) is 3. The van der Waals surface area contributed by atoms with Crippen molar-refractivity contribution in [1.82, 2.24) is 0 Å². The zero-order valence-electron chi connectivity index (χ0n) is 16.1. The summed E-state index contributed by atoms with van der Waals surface area (Å²) < 4.78 is 0.187. The van der Waals surface area contributed by atoms with Gasteiger partial charge in [0.05, 0.1) is 5.56 Å². The van der Waals surface area contributed by atoms with Crippen LogP contribution in [0.1, 0.15) is 61.2 Å². The van der Waals surface area contributed by atoms with Crippen LogP contribution in [0.3, 0.4) is 0 Å². The normalized spacial score (nSPS) is 17.9. The molecule has 1 heterocycles. The summed E-state index contributed by atoms with van der Waals surface area (Å²) >= 11 is 1.90. The number of carbonyl (C=O) groups is 2. The van der Waals surface area contributed by atoms with Crippen molar-refractivity contribution in [2.45, 2.75) is 49.2 Å². The second-order valence-electron chi connectivity index (χ2n) is 8.23. The molecule has 0 bridgehead atoms. The van der Waals surface area contributed by atoms with E-state index in [4.69, 9.17) is 5.11 Å². The van der Waals surface area contributed by atoms with Crippen LogP contribution in [0, 0.1) is 0 Å². The van der Waals surface area contributed by atoms with E-state index in [9.17, 15) is 9.59 Å². The molecule has 27 heavy (non-hydrogen) atoms. The number of thioether (sulfide) groups is 1. The Morgan fingerprint density at radius 2 is 1.59 bits per heavy atom. The van der Waals surface area contributed by atoms with Crippen LogP contribution in [-0.4, -0.2) is 22.1 Å². The quantitative estimate of drug-likeness (QED) is 0.557. The summed E-state index contributed by atoms with van der Waals surface area (Å²) in [4.78, 5) is 23.6. The van der Waals surface area contributed by atoms with Crippen LogP contribution in [0.4, 0.5) is 0 Å². The van der Waals surface area contributed by atoms with Gasteiger partial charge in [0.25, 0.3) is 0 Å². The molecule has 3 nitrogen and oxygen atoms in total. The maximum absolute atomic E-state index is 11.3. The molecule has 0 spiro atoms. The highest BCUT2D eigenvalue weighted by molar-refractivity contribution is 8.00. The number of carboxylic acid groups (broad SMARTS) is 1. The van der Waals surface area contributed by atoms with Gasteiger partial charge in [0.1, 0.15) is 6.29 Å². The first-order valence-corrected chi connectivity index (χ1v) is 9.78. The van der Waals surface area contributed by atoms with Crippen LogP contribution in [0.2, 0.25) is 0 Å². The van der Waals surface area contributed by atoms with Crippen LogP contribution < -0.4 is 0 Å². The zero-order chi connectivity index (χ0) is 19.8. The summed E-state index contributed by atoms with van der Waals surface area (Å²) in [5.41, 5.74) is 4.17. The first-order chi connectivity index (χ1) is 12.6. The average Bonchev–Trinajstić information content (AvgIpc) is 2.58. The summed E-state index contributed by atoms with van der Waals surface area (Å²) in [6.07, 6.45) is 3.40. The summed E-state index contributed by atoms with van der Waals surface area (Å²) in [6.45, 7) is 9.08. The lowest BCUT2D eigenvalue weighted by molar-refractivity contribution is -0.104. The van der Waals surface area contributed by atoms with Gasteiger partial charge in [-0.3, -0.25) is 4.79 Å². The molecule has 1 N–H and O–H groups in total. The molecule has 0 fully saturated rings. The number of rotatable bonds is 4. The van der Waals surface area contributed by atoms with E-state index in [1.54, 1.807) is 30.3 Å². The van der Waals surface area contributed by atoms with Gasteiger partial charge in [-0.2, -0.15) is 0 Å². The predicted octanol–water partition coefficient (Wildman–Crippen LogP) is 5.57. The second kappa shape index (κ2) is 7.01. The molecule has 0 aliphatic carbocycles. The van der Waals surface area contributed by atoms with Crippen molar-refractivity contribution in [1.29, 1.82) is 0 Å². The fraction of sp³-hybridized carbons (Fsp3) is 0.304. The highest BCUT2D eigenvalue weighted by Gasteiger charge is 2.38. The van der Waals surface area contributed by atoms with Gasteiger partial charge in [-0.05, 0) is 64.4 Å². The van der Waals surface area contributed by atoms with E-state index in [1.165, 1.54) is 10.5 Å². The largest absolute Gasteiger partial charge is 0.478 e. The zero-order valence-corrected chi connectivity index (χ0v) is 16.9. The van der Waals surface area contributed by atoms with E-state index < -0.39 is 5.97 Å². The monoisotopic (exact) mass is 380 g/mol. The molecule has 1 aliphatic rings. The summed E-state index contributed by atoms with van der Waals surface area (Å²) in [5.74, 6) is -0.961. The van der Waals surface area contributed by atoms with Crippen LogP contribution >= 0.6 is 11.8 Å². The van der Waals surface area contributed by atoms with Crippen LogP contribution in [0.15, 0.2) is 53.4 Å². The number of aldehydes is 1. The Balaban J connectivity index is 2.07. The van der Waals surface area contributed by atoms with E-state index in [1.807, 2.05) is 17.8 Å². The summed E-state index contributed by atoms with van der Waals surface area (Å²) in [5, 5.41) is 9.09. The fourth-order valence-corrected chi connectivity index (χ4v) is 5.64. The molecule has 0 saturated carbocycles. The van der Waals surface area contributed by atoms with Crippen molar-refractivity contribution < 1.29 is 14.7 Å². The maximum atomic E-state index is 11.3. The Labute approximate surface area is 164 Å². The van der Waals surface area contributed by atoms with Crippen molar-refractivity contribution in [2.75, 3.05) is 0 Å². The van der Waals surface area contributed by atoms with Crippen molar-refractivity contribution >= 4 is 29.6 Å². The lowest BCUT2D eigenvalue weighted by Gasteiger charge is -2.42. The highest BCUT2D eigenvalue weighted by Crippen LogP contribution is 2.51. The molecule has 0 radical (unpaired) electrons. The van der Waals surface area contributed by atoms with E-state index in [-0.39, 0.29) is 15.7 Å². The van der Waals surface area contributed by atoms with Gasteiger partial charge in [0.15, 0.2) is 0 Å². The smallest absolute Gasteiger partial charge is 0.335 e. The minimum atomic E-state index is -0.961. The first-order valence-electron chi connectivity index (χ1n) is 8.96. The van der Waals surface area contributed by atoms with Gasteiger partial charge >= 0.3 is 5.97 Å². The minimum absolute atomic E-state index is 0.0412.